The normalized spacial score (nSPS) is 11.3. The molecule has 0 saturated heterocycles. The molecule has 0 atom stereocenters. The topological polar surface area (TPSA) is 94.4 Å². The van der Waals surface area contributed by atoms with Gasteiger partial charge in [0.15, 0.2) is 0 Å². The van der Waals surface area contributed by atoms with E-state index >= 15 is 0 Å². The number of benzene rings is 2. The Hall–Kier alpha value is -2.71. The van der Waals surface area contributed by atoms with Crippen LogP contribution in [-0.2, 0) is 32.0 Å². The van der Waals surface area contributed by atoms with Gasteiger partial charge in [-0.3, -0.25) is 4.79 Å². The third-order valence-corrected chi connectivity index (χ3v) is 6.63. The van der Waals surface area contributed by atoms with E-state index in [1.807, 2.05) is 32.0 Å². The molecule has 2 aromatic rings. The summed E-state index contributed by atoms with van der Waals surface area (Å²) in [7, 11) is 1.36. The average molecular weight is 522 g/mol. The lowest BCUT2D eigenvalue weighted by atomic mass is 9.99. The van der Waals surface area contributed by atoms with Gasteiger partial charge in [-0.1, -0.05) is 43.1 Å². The highest BCUT2D eigenvalue weighted by Gasteiger charge is 2.17. The van der Waals surface area contributed by atoms with Gasteiger partial charge in [-0.05, 0) is 49.1 Å². The number of ether oxygens (including phenoxy) is 2. The van der Waals surface area contributed by atoms with E-state index in [-0.39, 0.29) is 18.1 Å². The van der Waals surface area contributed by atoms with Crippen molar-refractivity contribution < 1.29 is 29.0 Å². The molecule has 0 heterocycles. The Morgan fingerprint density at radius 1 is 1.17 bits per heavy atom. The molecule has 0 bridgehead atoms. The van der Waals surface area contributed by atoms with Crippen LogP contribution in [0.4, 0.5) is 0 Å². The Kier molecular flexibility index (Phi) is 11.9. The number of hydrogen-bond donors (Lipinski definition) is 1. The number of phenols is 1. The molecule has 0 aliphatic rings. The van der Waals surface area contributed by atoms with E-state index in [1.165, 1.54) is 14.0 Å². The van der Waals surface area contributed by atoms with Crippen LogP contribution < -0.4 is 4.74 Å². The van der Waals surface area contributed by atoms with Gasteiger partial charge in [-0.25, -0.2) is 4.79 Å². The number of halogens is 1. The summed E-state index contributed by atoms with van der Waals surface area (Å²) in [6.45, 7) is 5.66. The van der Waals surface area contributed by atoms with Gasteiger partial charge in [0.25, 0.3) is 0 Å². The molecule has 0 radical (unpaired) electrons. The second-order valence-electron chi connectivity index (χ2n) is 7.73. The number of methoxy groups -OCH3 is 1. The Bertz CT molecular complexity index is 1060. The highest BCUT2D eigenvalue weighted by molar-refractivity contribution is 7.99. The summed E-state index contributed by atoms with van der Waals surface area (Å²) in [5.74, 6) is 0.706. The zero-order chi connectivity index (χ0) is 25.8. The number of oxime groups is 1. The van der Waals surface area contributed by atoms with Crippen molar-refractivity contribution in [3.8, 4) is 11.5 Å². The van der Waals surface area contributed by atoms with Crippen molar-refractivity contribution in [2.45, 2.75) is 57.8 Å². The number of rotatable bonds is 13. The van der Waals surface area contributed by atoms with Crippen LogP contribution in [0.3, 0.4) is 0 Å². The van der Waals surface area contributed by atoms with Crippen LogP contribution in [-0.4, -0.2) is 42.2 Å². The van der Waals surface area contributed by atoms with Gasteiger partial charge in [0.1, 0.15) is 11.5 Å². The number of esters is 1. The van der Waals surface area contributed by atoms with E-state index in [9.17, 15) is 14.7 Å². The number of phenolic OH excluding ortho intramolecular Hbond substituents is 1. The molecule has 0 saturated carbocycles. The van der Waals surface area contributed by atoms with Gasteiger partial charge in [-0.2, -0.15) is 0 Å². The molecular weight excluding hydrogens is 490 g/mol. The standard InChI is InChI=1S/C26H32ClNO6S/c1-5-8-20-23(11-10-19(26(20)31)22(6-2)28-34-17(3)29)33-13-7-14-35-24-12-9-18(15-21(24)27)16-25(30)32-4/h9-12,15,31H,5-8,13-14,16H2,1-4H3. The Morgan fingerprint density at radius 2 is 1.94 bits per heavy atom. The number of hydrogen-bond acceptors (Lipinski definition) is 8. The van der Waals surface area contributed by atoms with Crippen LogP contribution in [0.1, 0.15) is 56.7 Å². The van der Waals surface area contributed by atoms with E-state index in [4.69, 9.17) is 21.2 Å². The van der Waals surface area contributed by atoms with Crippen LogP contribution in [0.25, 0.3) is 0 Å². The van der Waals surface area contributed by atoms with Crippen molar-refractivity contribution in [2.24, 2.45) is 5.16 Å². The van der Waals surface area contributed by atoms with Crippen molar-refractivity contribution in [3.63, 3.8) is 0 Å². The summed E-state index contributed by atoms with van der Waals surface area (Å²) >= 11 is 7.98. The first-order valence-electron chi connectivity index (χ1n) is 11.5. The molecule has 35 heavy (non-hydrogen) atoms. The quantitative estimate of drug-likeness (QED) is 0.0868. The van der Waals surface area contributed by atoms with Gasteiger partial charge in [0.2, 0.25) is 0 Å². The number of carbonyl (C=O) groups is 2. The van der Waals surface area contributed by atoms with Crippen molar-refractivity contribution >= 4 is 41.0 Å². The smallest absolute Gasteiger partial charge is 0.331 e. The summed E-state index contributed by atoms with van der Waals surface area (Å²) in [5, 5.41) is 15.4. The van der Waals surface area contributed by atoms with Crippen LogP contribution in [0.15, 0.2) is 40.4 Å². The van der Waals surface area contributed by atoms with E-state index in [2.05, 4.69) is 9.89 Å². The van der Waals surface area contributed by atoms with E-state index < -0.39 is 5.97 Å². The molecule has 0 amide bonds. The van der Waals surface area contributed by atoms with Gasteiger partial charge in [-0.15, -0.1) is 11.8 Å². The van der Waals surface area contributed by atoms with E-state index in [0.717, 1.165) is 29.1 Å². The summed E-state index contributed by atoms with van der Waals surface area (Å²) in [6.07, 6.45) is 2.93. The molecule has 1 N–H and O–H groups in total. The van der Waals surface area contributed by atoms with Crippen LogP contribution in [0.5, 0.6) is 11.5 Å². The summed E-state index contributed by atoms with van der Waals surface area (Å²) < 4.78 is 10.7. The minimum absolute atomic E-state index is 0.102. The lowest BCUT2D eigenvalue weighted by Gasteiger charge is -2.16. The molecule has 0 aromatic heterocycles. The SMILES string of the molecule is CCCc1c(OCCCSc2ccc(CC(=O)OC)cc2Cl)ccc(C(CC)=NOC(C)=O)c1O. The maximum absolute atomic E-state index is 11.4. The first-order chi connectivity index (χ1) is 16.8. The molecule has 0 unspecified atom stereocenters. The first kappa shape index (κ1) is 28.5. The van der Waals surface area contributed by atoms with Crippen molar-refractivity contribution in [2.75, 3.05) is 19.5 Å². The molecule has 2 aromatic carbocycles. The van der Waals surface area contributed by atoms with Crippen molar-refractivity contribution in [3.05, 3.63) is 52.0 Å². The minimum Gasteiger partial charge on any atom is -0.507 e. The Balaban J connectivity index is 1.99. The lowest BCUT2D eigenvalue weighted by Crippen LogP contribution is -2.07. The number of carbonyl (C=O) groups excluding carboxylic acids is 2. The molecular formula is C26H32ClNO6S. The average Bonchev–Trinajstić information content (AvgIpc) is 2.83. The summed E-state index contributed by atoms with van der Waals surface area (Å²) in [6, 6.07) is 9.13. The van der Waals surface area contributed by atoms with Gasteiger partial charge in [0, 0.05) is 28.7 Å². The molecule has 0 fully saturated rings. The number of nitrogens with zero attached hydrogens (tertiary/aromatic N) is 1. The monoisotopic (exact) mass is 521 g/mol. The maximum atomic E-state index is 11.4. The van der Waals surface area contributed by atoms with Crippen molar-refractivity contribution in [1.29, 1.82) is 0 Å². The molecule has 0 aliphatic carbocycles. The van der Waals surface area contributed by atoms with Gasteiger partial charge in [0.05, 0.1) is 30.9 Å². The fraction of sp³-hybridized carbons (Fsp3) is 0.423. The van der Waals surface area contributed by atoms with E-state index in [1.54, 1.807) is 23.9 Å². The summed E-state index contributed by atoms with van der Waals surface area (Å²) in [5.41, 5.74) is 2.55. The molecule has 0 aliphatic heterocycles. The maximum Gasteiger partial charge on any atom is 0.331 e. The fourth-order valence-corrected chi connectivity index (χ4v) is 4.54. The lowest BCUT2D eigenvalue weighted by molar-refractivity contribution is -0.141. The minimum atomic E-state index is -0.513. The Morgan fingerprint density at radius 3 is 2.57 bits per heavy atom. The molecule has 0 spiro atoms. The highest BCUT2D eigenvalue weighted by Crippen LogP contribution is 2.34. The number of thioether (sulfide) groups is 1. The van der Waals surface area contributed by atoms with Crippen molar-refractivity contribution in [1.82, 2.24) is 0 Å². The van der Waals surface area contributed by atoms with Crippen LogP contribution in [0, 0.1) is 0 Å². The van der Waals surface area contributed by atoms with E-state index in [0.29, 0.717) is 47.1 Å². The van der Waals surface area contributed by atoms with Gasteiger partial charge < -0.3 is 19.4 Å². The number of aromatic hydroxyl groups is 1. The second-order valence-corrected chi connectivity index (χ2v) is 9.27. The predicted molar refractivity (Wildman–Crippen MR) is 139 cm³/mol. The highest BCUT2D eigenvalue weighted by atomic mass is 35.5. The van der Waals surface area contributed by atoms with Crippen LogP contribution in [0.2, 0.25) is 5.02 Å². The Labute approximate surface area is 215 Å². The molecule has 2 rings (SSSR count). The third-order valence-electron chi connectivity index (χ3n) is 5.05. The fourth-order valence-electron chi connectivity index (χ4n) is 3.33. The molecule has 190 valence electrons. The van der Waals surface area contributed by atoms with Gasteiger partial charge >= 0.3 is 11.9 Å². The first-order valence-corrected chi connectivity index (χ1v) is 12.9. The predicted octanol–water partition coefficient (Wildman–Crippen LogP) is 5.95. The summed E-state index contributed by atoms with van der Waals surface area (Å²) in [4.78, 5) is 28.2. The largest absolute Gasteiger partial charge is 0.507 e. The second kappa shape index (κ2) is 14.6. The molecule has 7 nitrogen and oxygen atoms in total. The zero-order valence-electron chi connectivity index (χ0n) is 20.6. The molecule has 9 heteroatoms. The third kappa shape index (κ3) is 8.78. The zero-order valence-corrected chi connectivity index (χ0v) is 22.1. The van der Waals surface area contributed by atoms with Crippen LogP contribution >= 0.6 is 23.4 Å².